The van der Waals surface area contributed by atoms with Crippen LogP contribution in [0.2, 0.25) is 0 Å². The Bertz CT molecular complexity index is 1320. The molecule has 35 heavy (non-hydrogen) atoms. The van der Waals surface area contributed by atoms with Crippen molar-refractivity contribution in [2.75, 3.05) is 11.9 Å². The summed E-state index contributed by atoms with van der Waals surface area (Å²) in [6.45, 7) is 6.73. The number of nitrogens with one attached hydrogen (secondary N) is 1. The first-order chi connectivity index (χ1) is 16.8. The highest BCUT2D eigenvalue weighted by Crippen LogP contribution is 2.30. The topological polar surface area (TPSA) is 114 Å². The first kappa shape index (κ1) is 25.0. The smallest absolute Gasteiger partial charge is 0.271 e. The Labute approximate surface area is 203 Å². The van der Waals surface area contributed by atoms with Gasteiger partial charge in [0.25, 0.3) is 11.6 Å². The Kier molecular flexibility index (Phi) is 8.20. The number of anilines is 1. The molecule has 3 rings (SSSR count). The van der Waals surface area contributed by atoms with E-state index in [9.17, 15) is 20.2 Å². The fourth-order valence-corrected chi connectivity index (χ4v) is 3.27. The first-order valence-corrected chi connectivity index (χ1v) is 10.9. The SMILES string of the molecule is CCOc1cc(/C=C(\C#N)C(=O)Nc2cccc([N+](=O)[O-])c2)ccc1OCc1ccc(C)c(C)c1. The van der Waals surface area contributed by atoms with E-state index in [1.165, 1.54) is 41.5 Å². The molecule has 0 unspecified atom stereocenters. The van der Waals surface area contributed by atoms with Crippen LogP contribution in [0.15, 0.2) is 66.2 Å². The van der Waals surface area contributed by atoms with E-state index >= 15 is 0 Å². The average Bonchev–Trinajstić information content (AvgIpc) is 2.84. The van der Waals surface area contributed by atoms with Crippen molar-refractivity contribution in [3.63, 3.8) is 0 Å². The molecular weight excluding hydrogens is 446 g/mol. The van der Waals surface area contributed by atoms with E-state index < -0.39 is 10.8 Å². The number of non-ortho nitro benzene ring substituents is 1. The molecule has 1 amide bonds. The van der Waals surface area contributed by atoms with Crippen molar-refractivity contribution in [1.82, 2.24) is 0 Å². The number of carbonyl (C=O) groups is 1. The van der Waals surface area contributed by atoms with Gasteiger partial charge in [0, 0.05) is 17.8 Å². The lowest BCUT2D eigenvalue weighted by Gasteiger charge is -2.13. The average molecular weight is 472 g/mol. The molecule has 0 aliphatic rings. The van der Waals surface area contributed by atoms with Crippen LogP contribution in [0.4, 0.5) is 11.4 Å². The maximum atomic E-state index is 12.6. The van der Waals surface area contributed by atoms with Gasteiger partial charge in [0.15, 0.2) is 11.5 Å². The van der Waals surface area contributed by atoms with Gasteiger partial charge in [0.2, 0.25) is 0 Å². The van der Waals surface area contributed by atoms with Gasteiger partial charge in [0.1, 0.15) is 18.2 Å². The fraction of sp³-hybridized carbons (Fsp3) is 0.185. The minimum Gasteiger partial charge on any atom is -0.490 e. The van der Waals surface area contributed by atoms with Crippen molar-refractivity contribution in [2.45, 2.75) is 27.4 Å². The van der Waals surface area contributed by atoms with E-state index in [2.05, 4.69) is 18.3 Å². The fourth-order valence-electron chi connectivity index (χ4n) is 3.27. The lowest BCUT2D eigenvalue weighted by Crippen LogP contribution is -2.13. The summed E-state index contributed by atoms with van der Waals surface area (Å²) in [6.07, 6.45) is 1.42. The lowest BCUT2D eigenvalue weighted by molar-refractivity contribution is -0.384. The van der Waals surface area contributed by atoms with Gasteiger partial charge < -0.3 is 14.8 Å². The Morgan fingerprint density at radius 1 is 1.06 bits per heavy atom. The summed E-state index contributed by atoms with van der Waals surface area (Å²) in [5.41, 5.74) is 3.88. The second-order valence-electron chi connectivity index (χ2n) is 7.78. The highest BCUT2D eigenvalue weighted by atomic mass is 16.6. The normalized spacial score (nSPS) is 10.9. The monoisotopic (exact) mass is 471 g/mol. The number of ether oxygens (including phenoxy) is 2. The number of hydrogen-bond acceptors (Lipinski definition) is 6. The minimum absolute atomic E-state index is 0.164. The number of aryl methyl sites for hydroxylation is 2. The number of nitro groups is 1. The number of nitrogens with zero attached hydrogens (tertiary/aromatic N) is 2. The van der Waals surface area contributed by atoms with Crippen molar-refractivity contribution < 1.29 is 19.2 Å². The predicted octanol–water partition coefficient (Wildman–Crippen LogP) is 5.74. The van der Waals surface area contributed by atoms with Gasteiger partial charge >= 0.3 is 0 Å². The molecule has 0 bridgehead atoms. The number of amides is 1. The molecule has 0 saturated heterocycles. The number of benzene rings is 3. The molecule has 178 valence electrons. The summed E-state index contributed by atoms with van der Waals surface area (Å²) in [5.74, 6) is 0.351. The summed E-state index contributed by atoms with van der Waals surface area (Å²) < 4.78 is 11.7. The van der Waals surface area contributed by atoms with Gasteiger partial charge in [0.05, 0.1) is 11.5 Å². The summed E-state index contributed by atoms with van der Waals surface area (Å²) in [7, 11) is 0. The largest absolute Gasteiger partial charge is 0.490 e. The summed E-state index contributed by atoms with van der Waals surface area (Å²) in [4.78, 5) is 23.0. The van der Waals surface area contributed by atoms with Crippen LogP contribution in [-0.2, 0) is 11.4 Å². The lowest BCUT2D eigenvalue weighted by atomic mass is 10.1. The Morgan fingerprint density at radius 2 is 1.86 bits per heavy atom. The van der Waals surface area contributed by atoms with Gasteiger partial charge in [-0.2, -0.15) is 5.26 Å². The molecule has 3 aromatic carbocycles. The number of nitro benzene ring substituents is 1. The highest BCUT2D eigenvalue weighted by Gasteiger charge is 2.13. The van der Waals surface area contributed by atoms with Crippen LogP contribution >= 0.6 is 0 Å². The van der Waals surface area contributed by atoms with Crippen molar-refractivity contribution >= 4 is 23.4 Å². The summed E-state index contributed by atoms with van der Waals surface area (Å²) >= 11 is 0. The van der Waals surface area contributed by atoms with Crippen LogP contribution < -0.4 is 14.8 Å². The van der Waals surface area contributed by atoms with E-state index in [0.29, 0.717) is 30.3 Å². The maximum Gasteiger partial charge on any atom is 0.271 e. The third-order valence-electron chi connectivity index (χ3n) is 5.22. The minimum atomic E-state index is -0.680. The van der Waals surface area contributed by atoms with Crippen molar-refractivity contribution in [2.24, 2.45) is 0 Å². The second kappa shape index (κ2) is 11.5. The number of hydrogen-bond donors (Lipinski definition) is 1. The maximum absolute atomic E-state index is 12.6. The number of nitriles is 1. The van der Waals surface area contributed by atoms with Gasteiger partial charge in [-0.25, -0.2) is 0 Å². The van der Waals surface area contributed by atoms with E-state index in [1.807, 2.05) is 32.0 Å². The van der Waals surface area contributed by atoms with Crippen molar-refractivity contribution in [1.29, 1.82) is 5.26 Å². The van der Waals surface area contributed by atoms with Gasteiger partial charge in [-0.1, -0.05) is 30.3 Å². The molecule has 0 aromatic heterocycles. The Hall–Kier alpha value is -4.64. The van der Waals surface area contributed by atoms with Crippen LogP contribution in [0.3, 0.4) is 0 Å². The molecule has 0 spiro atoms. The van der Waals surface area contributed by atoms with Crippen LogP contribution in [0.1, 0.15) is 29.2 Å². The molecule has 0 aliphatic heterocycles. The third kappa shape index (κ3) is 6.68. The summed E-state index contributed by atoms with van der Waals surface area (Å²) in [5, 5.41) is 23.0. The molecule has 0 fully saturated rings. The van der Waals surface area contributed by atoms with Gasteiger partial charge in [-0.3, -0.25) is 14.9 Å². The molecule has 3 aromatic rings. The highest BCUT2D eigenvalue weighted by molar-refractivity contribution is 6.09. The van der Waals surface area contributed by atoms with Gasteiger partial charge in [-0.05, 0) is 67.3 Å². The standard InChI is InChI=1S/C27H25N3O5/c1-4-34-26-14-20(10-11-25(26)35-17-21-9-8-18(2)19(3)12-21)13-22(16-28)27(31)29-23-6-5-7-24(15-23)30(32)33/h5-15H,4,17H2,1-3H3,(H,29,31)/b22-13+. The molecule has 1 N–H and O–H groups in total. The third-order valence-corrected chi connectivity index (χ3v) is 5.22. The van der Waals surface area contributed by atoms with Gasteiger partial charge in [-0.15, -0.1) is 0 Å². The van der Waals surface area contributed by atoms with Crippen LogP contribution in [0.5, 0.6) is 11.5 Å². The van der Waals surface area contributed by atoms with Crippen LogP contribution in [0, 0.1) is 35.3 Å². The first-order valence-electron chi connectivity index (χ1n) is 10.9. The Balaban J connectivity index is 1.78. The number of rotatable bonds is 9. The Morgan fingerprint density at radius 3 is 2.54 bits per heavy atom. The zero-order valence-electron chi connectivity index (χ0n) is 19.7. The van der Waals surface area contributed by atoms with Crippen molar-refractivity contribution in [3.8, 4) is 17.6 Å². The predicted molar refractivity (Wildman–Crippen MR) is 133 cm³/mol. The molecule has 8 heteroatoms. The van der Waals surface area contributed by atoms with E-state index in [-0.39, 0.29) is 16.9 Å². The van der Waals surface area contributed by atoms with E-state index in [0.717, 1.165) is 5.56 Å². The van der Waals surface area contributed by atoms with E-state index in [4.69, 9.17) is 9.47 Å². The van der Waals surface area contributed by atoms with Crippen LogP contribution in [-0.4, -0.2) is 17.4 Å². The summed E-state index contributed by atoms with van der Waals surface area (Å²) in [6, 6.07) is 18.6. The molecule has 0 radical (unpaired) electrons. The van der Waals surface area contributed by atoms with Crippen LogP contribution in [0.25, 0.3) is 6.08 Å². The zero-order chi connectivity index (χ0) is 25.4. The van der Waals surface area contributed by atoms with E-state index in [1.54, 1.807) is 18.2 Å². The molecule has 8 nitrogen and oxygen atoms in total. The van der Waals surface area contributed by atoms with Crippen molar-refractivity contribution in [3.05, 3.63) is 98.6 Å². The molecule has 0 aliphatic carbocycles. The molecule has 0 atom stereocenters. The molecule has 0 heterocycles. The second-order valence-corrected chi connectivity index (χ2v) is 7.78. The number of carbonyl (C=O) groups excluding carboxylic acids is 1. The zero-order valence-corrected chi connectivity index (χ0v) is 19.7. The molecular formula is C27H25N3O5. The quantitative estimate of drug-likeness (QED) is 0.184. The molecule has 0 saturated carbocycles.